The van der Waals surface area contributed by atoms with Crippen LogP contribution >= 0.6 is 0 Å². The topological polar surface area (TPSA) is 98.1 Å². The summed E-state index contributed by atoms with van der Waals surface area (Å²) in [4.78, 5) is 1.84. The molecule has 92 valence electrons. The van der Waals surface area contributed by atoms with E-state index in [-0.39, 0.29) is 19.0 Å². The van der Waals surface area contributed by atoms with Crippen LogP contribution in [0.1, 0.15) is 12.8 Å². The fourth-order valence-electron chi connectivity index (χ4n) is 1.24. The highest BCUT2D eigenvalue weighted by molar-refractivity contribution is 7.85. The van der Waals surface area contributed by atoms with E-state index in [2.05, 4.69) is 0 Å². The molecule has 0 fully saturated rings. The molecule has 0 rings (SSSR count). The van der Waals surface area contributed by atoms with Gasteiger partial charge in [-0.1, -0.05) is 0 Å². The summed E-state index contributed by atoms with van der Waals surface area (Å²) in [6.07, 6.45) is 0.992. The number of unbranched alkanes of at least 4 members (excludes halogenated alkanes) is 1. The van der Waals surface area contributed by atoms with Crippen LogP contribution < -0.4 is 0 Å². The minimum absolute atomic E-state index is 0.0122. The molecule has 0 bridgehead atoms. The maximum absolute atomic E-state index is 10.4. The normalized spacial score (nSPS) is 12.3. The lowest BCUT2D eigenvalue weighted by Gasteiger charge is -2.19. The summed E-state index contributed by atoms with van der Waals surface area (Å²) in [5.41, 5.74) is 0. The number of hydrogen-bond acceptors (Lipinski definition) is 5. The van der Waals surface area contributed by atoms with Crippen LogP contribution in [0.2, 0.25) is 0 Å². The van der Waals surface area contributed by atoms with Crippen LogP contribution in [0.15, 0.2) is 0 Å². The van der Waals surface area contributed by atoms with Crippen molar-refractivity contribution < 1.29 is 23.2 Å². The van der Waals surface area contributed by atoms with Crippen molar-refractivity contribution in [2.45, 2.75) is 12.8 Å². The van der Waals surface area contributed by atoms with Gasteiger partial charge in [0, 0.05) is 13.1 Å². The van der Waals surface area contributed by atoms with Gasteiger partial charge in [-0.3, -0.25) is 9.45 Å². The van der Waals surface area contributed by atoms with Gasteiger partial charge in [-0.25, -0.2) is 0 Å². The molecule has 7 heteroatoms. The maximum atomic E-state index is 10.4. The summed E-state index contributed by atoms with van der Waals surface area (Å²) in [7, 11) is -3.86. The molecule has 0 aliphatic carbocycles. The second-order valence-electron chi connectivity index (χ2n) is 3.28. The van der Waals surface area contributed by atoms with Crippen molar-refractivity contribution in [2.75, 3.05) is 38.6 Å². The van der Waals surface area contributed by atoms with Gasteiger partial charge in [-0.05, 0) is 19.4 Å². The Balaban J connectivity index is 3.61. The minimum Gasteiger partial charge on any atom is -0.395 e. The molecule has 0 aliphatic rings. The molecule has 0 aromatic carbocycles. The van der Waals surface area contributed by atoms with E-state index in [0.29, 0.717) is 32.5 Å². The number of aliphatic hydroxyl groups is 2. The van der Waals surface area contributed by atoms with Gasteiger partial charge in [0.1, 0.15) is 0 Å². The van der Waals surface area contributed by atoms with Gasteiger partial charge in [-0.15, -0.1) is 0 Å². The Morgan fingerprint density at radius 3 is 1.87 bits per heavy atom. The van der Waals surface area contributed by atoms with Crippen LogP contribution in [0.3, 0.4) is 0 Å². The molecule has 0 aliphatic heterocycles. The molecule has 3 N–H and O–H groups in total. The van der Waals surface area contributed by atoms with Crippen molar-refractivity contribution in [1.82, 2.24) is 4.90 Å². The Hall–Kier alpha value is -0.210. The van der Waals surface area contributed by atoms with Gasteiger partial charge in [-0.2, -0.15) is 8.42 Å². The number of hydrogen-bond donors (Lipinski definition) is 3. The average molecular weight is 241 g/mol. The van der Waals surface area contributed by atoms with Crippen LogP contribution in [0, 0.1) is 0 Å². The highest BCUT2D eigenvalue weighted by atomic mass is 32.2. The maximum Gasteiger partial charge on any atom is 0.264 e. The third-order valence-electron chi connectivity index (χ3n) is 1.96. The fourth-order valence-corrected chi connectivity index (χ4v) is 1.81. The lowest BCUT2D eigenvalue weighted by molar-refractivity contribution is 0.159. The van der Waals surface area contributed by atoms with E-state index >= 15 is 0 Å². The molecular formula is C8H19NO5S. The number of nitrogens with zero attached hydrogens (tertiary/aromatic N) is 1. The van der Waals surface area contributed by atoms with Crippen molar-refractivity contribution in [3.05, 3.63) is 0 Å². The quantitative estimate of drug-likeness (QED) is 0.352. The summed E-state index contributed by atoms with van der Waals surface area (Å²) in [6.45, 7) is 1.56. The van der Waals surface area contributed by atoms with Gasteiger partial charge >= 0.3 is 0 Å². The summed E-state index contributed by atoms with van der Waals surface area (Å²) < 4.78 is 29.2. The van der Waals surface area contributed by atoms with E-state index in [1.165, 1.54) is 0 Å². The highest BCUT2D eigenvalue weighted by Gasteiger charge is 2.06. The smallest absolute Gasteiger partial charge is 0.264 e. The Labute approximate surface area is 90.3 Å². The third kappa shape index (κ3) is 10.1. The average Bonchev–Trinajstić information content (AvgIpc) is 2.11. The Bertz CT molecular complexity index is 235. The predicted octanol–water partition coefficient (Wildman–Crippen LogP) is -1.06. The molecule has 15 heavy (non-hydrogen) atoms. The third-order valence-corrected chi connectivity index (χ3v) is 2.76. The predicted molar refractivity (Wildman–Crippen MR) is 56.3 cm³/mol. The monoisotopic (exact) mass is 241 g/mol. The lowest BCUT2D eigenvalue weighted by Crippen LogP contribution is -2.31. The van der Waals surface area contributed by atoms with Gasteiger partial charge in [0.25, 0.3) is 10.1 Å². The zero-order chi connectivity index (χ0) is 11.7. The molecule has 0 saturated heterocycles. The van der Waals surface area contributed by atoms with Crippen LogP contribution in [0.25, 0.3) is 0 Å². The lowest BCUT2D eigenvalue weighted by atomic mass is 10.3. The number of rotatable bonds is 9. The van der Waals surface area contributed by atoms with E-state index in [0.717, 1.165) is 0 Å². The molecule has 0 atom stereocenters. The first kappa shape index (κ1) is 14.8. The zero-order valence-electron chi connectivity index (χ0n) is 8.67. The van der Waals surface area contributed by atoms with Gasteiger partial charge in [0.2, 0.25) is 0 Å². The zero-order valence-corrected chi connectivity index (χ0v) is 9.49. The summed E-state index contributed by atoms with van der Waals surface area (Å²) in [5.74, 6) is -0.237. The van der Waals surface area contributed by atoms with E-state index < -0.39 is 10.1 Å². The highest BCUT2D eigenvalue weighted by Crippen LogP contribution is 1.97. The van der Waals surface area contributed by atoms with E-state index in [9.17, 15) is 8.42 Å². The van der Waals surface area contributed by atoms with Crippen LogP contribution in [0.5, 0.6) is 0 Å². The van der Waals surface area contributed by atoms with Crippen LogP contribution in [-0.4, -0.2) is 66.7 Å². The SMILES string of the molecule is O=S(=O)(O)CCCCN(CCO)CCO. The van der Waals surface area contributed by atoms with E-state index in [4.69, 9.17) is 14.8 Å². The van der Waals surface area contributed by atoms with Crippen molar-refractivity contribution in [3.63, 3.8) is 0 Å². The molecule has 0 heterocycles. The van der Waals surface area contributed by atoms with Crippen LogP contribution in [-0.2, 0) is 10.1 Å². The molecule has 0 radical (unpaired) electrons. The van der Waals surface area contributed by atoms with Crippen molar-refractivity contribution in [3.8, 4) is 0 Å². The van der Waals surface area contributed by atoms with E-state index in [1.54, 1.807) is 0 Å². The van der Waals surface area contributed by atoms with Gasteiger partial charge in [0.15, 0.2) is 0 Å². The van der Waals surface area contributed by atoms with E-state index in [1.807, 2.05) is 4.90 Å². The van der Waals surface area contributed by atoms with Crippen LogP contribution in [0.4, 0.5) is 0 Å². The fraction of sp³-hybridized carbons (Fsp3) is 1.00. The second-order valence-corrected chi connectivity index (χ2v) is 4.85. The Morgan fingerprint density at radius 1 is 0.933 bits per heavy atom. The minimum atomic E-state index is -3.86. The molecule has 6 nitrogen and oxygen atoms in total. The first-order valence-corrected chi connectivity index (χ1v) is 6.49. The molecule has 0 aromatic rings. The Morgan fingerprint density at radius 2 is 1.47 bits per heavy atom. The molecule has 0 saturated carbocycles. The second kappa shape index (κ2) is 8.00. The van der Waals surface area contributed by atoms with Gasteiger partial charge in [0.05, 0.1) is 19.0 Å². The summed E-state index contributed by atoms with van der Waals surface area (Å²) in [5, 5.41) is 17.4. The molecule has 0 spiro atoms. The van der Waals surface area contributed by atoms with Crippen molar-refractivity contribution >= 4 is 10.1 Å². The number of aliphatic hydroxyl groups excluding tert-OH is 2. The summed E-state index contributed by atoms with van der Waals surface area (Å²) >= 11 is 0. The van der Waals surface area contributed by atoms with Gasteiger partial charge < -0.3 is 10.2 Å². The van der Waals surface area contributed by atoms with Crippen molar-refractivity contribution in [2.24, 2.45) is 0 Å². The largest absolute Gasteiger partial charge is 0.395 e. The first-order valence-electron chi connectivity index (χ1n) is 4.89. The summed E-state index contributed by atoms with van der Waals surface area (Å²) in [6, 6.07) is 0. The molecule has 0 amide bonds. The Kier molecular flexibility index (Phi) is 7.89. The molecule has 0 aromatic heterocycles. The first-order chi connectivity index (χ1) is 6.99. The standard InChI is InChI=1S/C8H19NO5S/c10-6-4-9(5-7-11)3-1-2-8-15(12,13)14/h10-11H,1-8H2,(H,12,13,14). The molecular weight excluding hydrogens is 222 g/mol. The molecule has 0 unspecified atom stereocenters. The van der Waals surface area contributed by atoms with Crippen molar-refractivity contribution in [1.29, 1.82) is 0 Å².